The fraction of sp³-hybridized carbons (Fsp3) is 1.00. The molecule has 2 atom stereocenters. The highest BCUT2D eigenvalue weighted by atomic mass is 15.2. The average molecular weight is 210 g/mol. The predicted octanol–water partition coefficient (Wildman–Crippen LogP) is 2.39. The van der Waals surface area contributed by atoms with Gasteiger partial charge in [0.2, 0.25) is 0 Å². The Morgan fingerprint density at radius 1 is 1.07 bits per heavy atom. The van der Waals surface area contributed by atoms with E-state index in [4.69, 9.17) is 0 Å². The third-order valence-electron chi connectivity index (χ3n) is 3.98. The highest BCUT2D eigenvalue weighted by Gasteiger charge is 2.24. The normalized spacial score (nSPS) is 33.2. The van der Waals surface area contributed by atoms with Crippen LogP contribution in [0.1, 0.15) is 52.4 Å². The van der Waals surface area contributed by atoms with Gasteiger partial charge in [0.15, 0.2) is 0 Å². The van der Waals surface area contributed by atoms with Crippen molar-refractivity contribution in [3.05, 3.63) is 0 Å². The highest BCUT2D eigenvalue weighted by Crippen LogP contribution is 2.22. The number of rotatable bonds is 5. The van der Waals surface area contributed by atoms with Crippen LogP contribution < -0.4 is 5.32 Å². The molecule has 2 nitrogen and oxygen atoms in total. The van der Waals surface area contributed by atoms with Crippen LogP contribution in [0.2, 0.25) is 0 Å². The number of hydrogen-bond donors (Lipinski definition) is 1. The molecular formula is C13H26N2. The molecule has 2 aliphatic rings. The van der Waals surface area contributed by atoms with Gasteiger partial charge in [0.05, 0.1) is 0 Å². The Labute approximate surface area is 94.4 Å². The number of nitrogens with zero attached hydrogens (tertiary/aromatic N) is 1. The largest absolute Gasteiger partial charge is 0.314 e. The first kappa shape index (κ1) is 11.4. The summed E-state index contributed by atoms with van der Waals surface area (Å²) >= 11 is 0. The summed E-state index contributed by atoms with van der Waals surface area (Å²) in [7, 11) is 0. The third-order valence-corrected chi connectivity index (χ3v) is 3.98. The molecule has 88 valence electrons. The summed E-state index contributed by atoms with van der Waals surface area (Å²) in [5.41, 5.74) is 0. The SMILES string of the molecule is CC1CCCC(C)N1CCCNC1CC1. The molecule has 15 heavy (non-hydrogen) atoms. The molecule has 2 rings (SSSR count). The summed E-state index contributed by atoms with van der Waals surface area (Å²) in [6, 6.07) is 2.51. The summed E-state index contributed by atoms with van der Waals surface area (Å²) in [5.74, 6) is 0. The number of likely N-dealkylation sites (tertiary alicyclic amines) is 1. The van der Waals surface area contributed by atoms with Gasteiger partial charge in [-0.25, -0.2) is 0 Å². The van der Waals surface area contributed by atoms with Crippen molar-refractivity contribution >= 4 is 0 Å². The van der Waals surface area contributed by atoms with Crippen molar-refractivity contribution in [1.29, 1.82) is 0 Å². The maximum Gasteiger partial charge on any atom is 0.00697 e. The van der Waals surface area contributed by atoms with Crippen molar-refractivity contribution in [3.8, 4) is 0 Å². The van der Waals surface area contributed by atoms with Gasteiger partial charge >= 0.3 is 0 Å². The van der Waals surface area contributed by atoms with Gasteiger partial charge < -0.3 is 5.32 Å². The average Bonchev–Trinajstić information content (AvgIpc) is 3.00. The second kappa shape index (κ2) is 5.31. The molecule has 1 aliphatic carbocycles. The Bertz CT molecular complexity index is 179. The quantitative estimate of drug-likeness (QED) is 0.701. The van der Waals surface area contributed by atoms with Crippen molar-refractivity contribution in [2.75, 3.05) is 13.1 Å². The lowest BCUT2D eigenvalue weighted by Gasteiger charge is -2.39. The van der Waals surface area contributed by atoms with Gasteiger partial charge in [-0.05, 0) is 59.0 Å². The molecule has 2 fully saturated rings. The van der Waals surface area contributed by atoms with Crippen LogP contribution >= 0.6 is 0 Å². The van der Waals surface area contributed by atoms with Crippen LogP contribution in [0.25, 0.3) is 0 Å². The zero-order valence-corrected chi connectivity index (χ0v) is 10.3. The second-order valence-electron chi connectivity index (χ2n) is 5.45. The molecule has 0 aromatic carbocycles. The molecular weight excluding hydrogens is 184 g/mol. The molecule has 0 spiro atoms. The van der Waals surface area contributed by atoms with Crippen LogP contribution in [-0.4, -0.2) is 36.1 Å². The molecule has 0 radical (unpaired) electrons. The van der Waals surface area contributed by atoms with Crippen LogP contribution in [0.5, 0.6) is 0 Å². The van der Waals surface area contributed by atoms with Crippen molar-refractivity contribution in [2.45, 2.75) is 70.5 Å². The number of piperidine rings is 1. The van der Waals surface area contributed by atoms with E-state index in [0.29, 0.717) is 0 Å². The van der Waals surface area contributed by atoms with E-state index < -0.39 is 0 Å². The topological polar surface area (TPSA) is 15.3 Å². The minimum Gasteiger partial charge on any atom is -0.314 e. The lowest BCUT2D eigenvalue weighted by atomic mass is 9.97. The van der Waals surface area contributed by atoms with E-state index in [0.717, 1.165) is 18.1 Å². The van der Waals surface area contributed by atoms with Gasteiger partial charge in [0, 0.05) is 18.1 Å². The summed E-state index contributed by atoms with van der Waals surface area (Å²) in [5, 5.41) is 3.60. The van der Waals surface area contributed by atoms with E-state index >= 15 is 0 Å². The van der Waals surface area contributed by atoms with Crippen LogP contribution in [0.4, 0.5) is 0 Å². The molecule has 0 aromatic rings. The van der Waals surface area contributed by atoms with Gasteiger partial charge in [-0.15, -0.1) is 0 Å². The third kappa shape index (κ3) is 3.46. The highest BCUT2D eigenvalue weighted by molar-refractivity contribution is 4.82. The zero-order chi connectivity index (χ0) is 10.7. The predicted molar refractivity (Wildman–Crippen MR) is 65.1 cm³/mol. The molecule has 1 N–H and O–H groups in total. The molecule has 1 saturated carbocycles. The fourth-order valence-corrected chi connectivity index (χ4v) is 2.77. The van der Waals surface area contributed by atoms with E-state index in [2.05, 4.69) is 24.1 Å². The monoisotopic (exact) mass is 210 g/mol. The second-order valence-corrected chi connectivity index (χ2v) is 5.45. The molecule has 0 bridgehead atoms. The van der Waals surface area contributed by atoms with Gasteiger partial charge in [-0.3, -0.25) is 4.90 Å². The Morgan fingerprint density at radius 3 is 2.33 bits per heavy atom. The van der Waals surface area contributed by atoms with E-state index in [1.54, 1.807) is 0 Å². The van der Waals surface area contributed by atoms with Crippen molar-refractivity contribution in [1.82, 2.24) is 10.2 Å². The fourth-order valence-electron chi connectivity index (χ4n) is 2.77. The smallest absolute Gasteiger partial charge is 0.00697 e. The lowest BCUT2D eigenvalue weighted by Crippen LogP contribution is -2.44. The summed E-state index contributed by atoms with van der Waals surface area (Å²) in [6.07, 6.45) is 8.39. The van der Waals surface area contributed by atoms with Crippen LogP contribution in [0, 0.1) is 0 Å². The first-order chi connectivity index (χ1) is 7.27. The molecule has 2 unspecified atom stereocenters. The Kier molecular flexibility index (Phi) is 4.04. The maximum atomic E-state index is 3.60. The number of hydrogen-bond acceptors (Lipinski definition) is 2. The molecule has 1 saturated heterocycles. The Morgan fingerprint density at radius 2 is 1.73 bits per heavy atom. The van der Waals surface area contributed by atoms with Crippen LogP contribution in [0.3, 0.4) is 0 Å². The molecule has 0 aromatic heterocycles. The molecule has 1 aliphatic heterocycles. The van der Waals surface area contributed by atoms with E-state index in [9.17, 15) is 0 Å². The zero-order valence-electron chi connectivity index (χ0n) is 10.3. The summed E-state index contributed by atoms with van der Waals surface area (Å²) < 4.78 is 0. The Hall–Kier alpha value is -0.0800. The van der Waals surface area contributed by atoms with Gasteiger partial charge in [0.1, 0.15) is 0 Å². The first-order valence-electron chi connectivity index (χ1n) is 6.76. The van der Waals surface area contributed by atoms with E-state index in [-0.39, 0.29) is 0 Å². The van der Waals surface area contributed by atoms with E-state index in [1.807, 2.05) is 0 Å². The van der Waals surface area contributed by atoms with Crippen molar-refractivity contribution in [3.63, 3.8) is 0 Å². The van der Waals surface area contributed by atoms with Crippen LogP contribution in [-0.2, 0) is 0 Å². The van der Waals surface area contributed by atoms with Crippen molar-refractivity contribution in [2.24, 2.45) is 0 Å². The molecule has 1 heterocycles. The minimum atomic E-state index is 0.815. The molecule has 0 amide bonds. The lowest BCUT2D eigenvalue weighted by molar-refractivity contribution is 0.102. The van der Waals surface area contributed by atoms with Crippen LogP contribution in [0.15, 0.2) is 0 Å². The maximum absolute atomic E-state index is 3.60. The van der Waals surface area contributed by atoms with Gasteiger partial charge in [-0.1, -0.05) is 6.42 Å². The minimum absolute atomic E-state index is 0.815. The van der Waals surface area contributed by atoms with Gasteiger partial charge in [-0.2, -0.15) is 0 Å². The molecule has 2 heteroatoms. The first-order valence-corrected chi connectivity index (χ1v) is 6.76. The summed E-state index contributed by atoms with van der Waals surface area (Å²) in [4.78, 5) is 2.71. The summed E-state index contributed by atoms with van der Waals surface area (Å²) in [6.45, 7) is 7.30. The van der Waals surface area contributed by atoms with Crippen molar-refractivity contribution < 1.29 is 0 Å². The number of nitrogens with one attached hydrogen (secondary N) is 1. The van der Waals surface area contributed by atoms with Gasteiger partial charge in [0.25, 0.3) is 0 Å². The standard InChI is InChI=1S/C13H26N2/c1-11-5-3-6-12(2)15(11)10-4-9-14-13-7-8-13/h11-14H,3-10H2,1-2H3. The van der Waals surface area contributed by atoms with E-state index in [1.165, 1.54) is 51.6 Å². The Balaban J connectivity index is 1.62.